The summed E-state index contributed by atoms with van der Waals surface area (Å²) in [7, 11) is 0. The van der Waals surface area contributed by atoms with Crippen LogP contribution in [0.2, 0.25) is 5.02 Å². The van der Waals surface area contributed by atoms with Crippen molar-refractivity contribution in [3.05, 3.63) is 76.3 Å². The van der Waals surface area contributed by atoms with Crippen molar-refractivity contribution in [1.29, 1.82) is 0 Å². The number of nitrogens with two attached hydrogens (primary N) is 1. The molecule has 3 aromatic rings. The normalized spacial score (nSPS) is 11.2. The highest BCUT2D eigenvalue weighted by Gasteiger charge is 2.07. The van der Waals surface area contributed by atoms with Crippen molar-refractivity contribution in [2.24, 2.45) is 5.10 Å². The monoisotopic (exact) mass is 358 g/mol. The van der Waals surface area contributed by atoms with Crippen molar-refractivity contribution in [3.63, 3.8) is 0 Å². The summed E-state index contributed by atoms with van der Waals surface area (Å²) >= 11 is 6.06. The Balaban J connectivity index is 1.83. The van der Waals surface area contributed by atoms with Crippen LogP contribution < -0.4 is 10.5 Å². The van der Waals surface area contributed by atoms with Crippen molar-refractivity contribution in [2.75, 3.05) is 5.73 Å². The molecule has 0 aliphatic rings. The topological polar surface area (TPSA) is 65.4 Å². The molecule has 0 saturated carbocycles. The average Bonchev–Trinajstić information content (AvgIpc) is 2.91. The summed E-state index contributed by atoms with van der Waals surface area (Å²) < 4.78 is 20.9. The van der Waals surface area contributed by atoms with Gasteiger partial charge in [0.2, 0.25) is 5.95 Å². The number of hydrogen-bond donors (Lipinski definition) is 1. The lowest BCUT2D eigenvalue weighted by atomic mass is 10.2. The van der Waals surface area contributed by atoms with Gasteiger partial charge in [-0.25, -0.2) is 14.1 Å². The van der Waals surface area contributed by atoms with E-state index in [4.69, 9.17) is 22.1 Å². The number of nitrogen functional groups attached to an aromatic ring is 1. The van der Waals surface area contributed by atoms with Gasteiger partial charge in [0, 0.05) is 16.1 Å². The van der Waals surface area contributed by atoms with E-state index >= 15 is 0 Å². The molecule has 1 heterocycles. The van der Waals surface area contributed by atoms with Crippen molar-refractivity contribution >= 4 is 23.8 Å². The van der Waals surface area contributed by atoms with E-state index in [1.165, 1.54) is 10.7 Å². The molecule has 7 heteroatoms. The Hall–Kier alpha value is -2.86. The van der Waals surface area contributed by atoms with Crippen molar-refractivity contribution in [1.82, 2.24) is 9.66 Å². The molecule has 5 nitrogen and oxygen atoms in total. The number of benzene rings is 2. The van der Waals surface area contributed by atoms with Crippen LogP contribution in [0.25, 0.3) is 0 Å². The van der Waals surface area contributed by atoms with Crippen LogP contribution in [0.1, 0.15) is 16.8 Å². The second-order valence-electron chi connectivity index (χ2n) is 5.39. The maximum Gasteiger partial charge on any atom is 0.221 e. The van der Waals surface area contributed by atoms with Gasteiger partial charge in [-0.3, -0.25) is 0 Å². The number of nitrogens with zero attached hydrogens (tertiary/aromatic N) is 3. The lowest BCUT2D eigenvalue weighted by Crippen LogP contribution is -2.01. The highest BCUT2D eigenvalue weighted by Crippen LogP contribution is 2.23. The van der Waals surface area contributed by atoms with Crippen LogP contribution in [0.15, 0.2) is 53.8 Å². The average molecular weight is 359 g/mol. The summed E-state index contributed by atoms with van der Waals surface area (Å²) in [6.07, 6.45) is 3.27. The Morgan fingerprint density at radius 1 is 1.32 bits per heavy atom. The van der Waals surface area contributed by atoms with Crippen LogP contribution in [-0.4, -0.2) is 15.9 Å². The van der Waals surface area contributed by atoms with E-state index in [0.717, 1.165) is 5.69 Å². The summed E-state index contributed by atoms with van der Waals surface area (Å²) in [6, 6.07) is 11.6. The number of imidazole rings is 1. The molecule has 2 N–H and O–H groups in total. The lowest BCUT2D eigenvalue weighted by Gasteiger charge is -2.10. The minimum absolute atomic E-state index is 0.0987. The maximum absolute atomic E-state index is 13.7. The molecule has 0 spiro atoms. The van der Waals surface area contributed by atoms with Gasteiger partial charge in [0.25, 0.3) is 0 Å². The molecule has 25 heavy (non-hydrogen) atoms. The number of aryl methyl sites for hydroxylation is 1. The van der Waals surface area contributed by atoms with Gasteiger partial charge in [-0.2, -0.15) is 5.10 Å². The smallest absolute Gasteiger partial charge is 0.221 e. The number of ether oxygens (including phenoxy) is 1. The Morgan fingerprint density at radius 2 is 2.12 bits per heavy atom. The van der Waals surface area contributed by atoms with E-state index in [-0.39, 0.29) is 18.4 Å². The number of anilines is 1. The van der Waals surface area contributed by atoms with Gasteiger partial charge in [-0.1, -0.05) is 29.8 Å². The zero-order valence-corrected chi connectivity index (χ0v) is 14.2. The first-order valence-electron chi connectivity index (χ1n) is 7.54. The molecule has 0 bridgehead atoms. The molecule has 0 fully saturated rings. The van der Waals surface area contributed by atoms with Gasteiger partial charge in [0.15, 0.2) is 0 Å². The number of rotatable bonds is 5. The van der Waals surface area contributed by atoms with Crippen LogP contribution in [0.3, 0.4) is 0 Å². The third-order valence-electron chi connectivity index (χ3n) is 3.47. The van der Waals surface area contributed by atoms with Gasteiger partial charge in [-0.15, -0.1) is 0 Å². The van der Waals surface area contributed by atoms with E-state index in [1.807, 2.05) is 6.92 Å². The Kier molecular flexibility index (Phi) is 5.00. The summed E-state index contributed by atoms with van der Waals surface area (Å²) in [5.74, 6) is 0.504. The van der Waals surface area contributed by atoms with Crippen LogP contribution in [0.4, 0.5) is 10.3 Å². The summed E-state index contributed by atoms with van der Waals surface area (Å²) in [4.78, 5) is 4.08. The standard InChI is InChI=1S/C18H16ClFN4O/c1-12-10-24(18(21)23-12)22-9-14-8-15(19)6-7-17(14)25-11-13-4-2-3-5-16(13)20/h2-10H,11H2,1H3,(H2,21,23). The molecule has 1 aromatic heterocycles. The predicted octanol–water partition coefficient (Wildman–Crippen LogP) is 4.03. The summed E-state index contributed by atoms with van der Waals surface area (Å²) in [5.41, 5.74) is 7.64. The molecule has 0 atom stereocenters. The summed E-state index contributed by atoms with van der Waals surface area (Å²) in [6.45, 7) is 1.92. The van der Waals surface area contributed by atoms with Crippen molar-refractivity contribution in [3.8, 4) is 5.75 Å². The Labute approximate surface area is 149 Å². The molecule has 0 aliphatic carbocycles. The summed E-state index contributed by atoms with van der Waals surface area (Å²) in [5, 5.41) is 4.80. The minimum Gasteiger partial charge on any atom is -0.488 e. The van der Waals surface area contributed by atoms with Crippen LogP contribution in [0, 0.1) is 12.7 Å². The molecule has 0 amide bonds. The fourth-order valence-corrected chi connectivity index (χ4v) is 2.42. The third-order valence-corrected chi connectivity index (χ3v) is 3.70. The van der Waals surface area contributed by atoms with Crippen LogP contribution in [0.5, 0.6) is 5.75 Å². The molecule has 128 valence electrons. The fraction of sp³-hybridized carbons (Fsp3) is 0.111. The molecular weight excluding hydrogens is 343 g/mol. The first-order valence-corrected chi connectivity index (χ1v) is 7.92. The largest absolute Gasteiger partial charge is 0.488 e. The van der Waals surface area contributed by atoms with Crippen LogP contribution in [-0.2, 0) is 6.61 Å². The molecule has 0 radical (unpaired) electrons. The number of halogens is 2. The highest BCUT2D eigenvalue weighted by atomic mass is 35.5. The van der Waals surface area contributed by atoms with Gasteiger partial charge >= 0.3 is 0 Å². The van der Waals surface area contributed by atoms with Gasteiger partial charge < -0.3 is 10.5 Å². The molecule has 0 aliphatic heterocycles. The Morgan fingerprint density at radius 3 is 2.84 bits per heavy atom. The quantitative estimate of drug-likeness (QED) is 0.700. The van der Waals surface area contributed by atoms with E-state index in [1.54, 1.807) is 48.8 Å². The molecular formula is C18H16ClFN4O. The zero-order chi connectivity index (χ0) is 17.8. The highest BCUT2D eigenvalue weighted by molar-refractivity contribution is 6.30. The zero-order valence-electron chi connectivity index (χ0n) is 13.5. The Bertz CT molecular complexity index is 923. The lowest BCUT2D eigenvalue weighted by molar-refractivity contribution is 0.299. The molecule has 0 saturated heterocycles. The third kappa shape index (κ3) is 4.16. The first kappa shape index (κ1) is 17.0. The molecule has 0 unspecified atom stereocenters. The van der Waals surface area contributed by atoms with Gasteiger partial charge in [0.05, 0.1) is 18.1 Å². The van der Waals surface area contributed by atoms with E-state index in [9.17, 15) is 4.39 Å². The van der Waals surface area contributed by atoms with Crippen molar-refractivity contribution in [2.45, 2.75) is 13.5 Å². The van der Waals surface area contributed by atoms with Crippen LogP contribution >= 0.6 is 11.6 Å². The van der Waals surface area contributed by atoms with Crippen molar-refractivity contribution < 1.29 is 9.13 Å². The van der Waals surface area contributed by atoms with E-state index in [2.05, 4.69) is 10.1 Å². The fourth-order valence-electron chi connectivity index (χ4n) is 2.24. The predicted molar refractivity (Wildman–Crippen MR) is 96.6 cm³/mol. The molecule has 3 rings (SSSR count). The first-order chi connectivity index (χ1) is 12.0. The second kappa shape index (κ2) is 7.36. The number of aromatic nitrogens is 2. The second-order valence-corrected chi connectivity index (χ2v) is 5.83. The SMILES string of the molecule is Cc1cn(N=Cc2cc(Cl)ccc2OCc2ccccc2F)c(N)n1. The minimum atomic E-state index is -0.312. The maximum atomic E-state index is 13.7. The van der Waals surface area contributed by atoms with Gasteiger partial charge in [0.1, 0.15) is 18.2 Å². The van der Waals surface area contributed by atoms with E-state index < -0.39 is 0 Å². The van der Waals surface area contributed by atoms with Gasteiger partial charge in [-0.05, 0) is 31.2 Å². The molecule has 2 aromatic carbocycles. The number of hydrogen-bond acceptors (Lipinski definition) is 4. The van der Waals surface area contributed by atoms with E-state index in [0.29, 0.717) is 21.9 Å².